The van der Waals surface area contributed by atoms with Crippen molar-refractivity contribution < 1.29 is 13.2 Å². The van der Waals surface area contributed by atoms with Crippen LogP contribution in [0.25, 0.3) is 0 Å². The summed E-state index contributed by atoms with van der Waals surface area (Å²) in [5.41, 5.74) is 2.01. The summed E-state index contributed by atoms with van der Waals surface area (Å²) in [4.78, 5) is 6.37. The van der Waals surface area contributed by atoms with Gasteiger partial charge in [0.25, 0.3) is 0 Å². The number of hydrogen-bond acceptors (Lipinski definition) is 5. The molecule has 1 saturated heterocycles. The molecule has 0 unspecified atom stereocenters. The third kappa shape index (κ3) is 6.67. The molecule has 7 heteroatoms. The van der Waals surface area contributed by atoms with Crippen LogP contribution in [0, 0.1) is 0 Å². The van der Waals surface area contributed by atoms with Crippen molar-refractivity contribution in [2.45, 2.75) is 19.4 Å². The van der Waals surface area contributed by atoms with E-state index in [0.717, 1.165) is 50.4 Å². The summed E-state index contributed by atoms with van der Waals surface area (Å²) in [5.74, 6) is 0.125. The molecule has 6 nitrogen and oxygen atoms in total. The highest BCUT2D eigenvalue weighted by atomic mass is 32.2. The SMILES string of the molecule is O=S(=O)(CCc1ccccc1)N(CCCN1CCOCC1)Cc1ccncc1. The van der Waals surface area contributed by atoms with Crippen LogP contribution in [0.3, 0.4) is 0 Å². The molecular formula is C21H29N3O3S. The van der Waals surface area contributed by atoms with E-state index in [0.29, 0.717) is 19.5 Å². The third-order valence-corrected chi connectivity index (χ3v) is 6.80. The van der Waals surface area contributed by atoms with Crippen LogP contribution in [0.5, 0.6) is 0 Å². The van der Waals surface area contributed by atoms with Crippen LogP contribution in [-0.4, -0.2) is 67.8 Å². The van der Waals surface area contributed by atoms with Gasteiger partial charge in [0.05, 0.1) is 19.0 Å². The number of benzene rings is 1. The van der Waals surface area contributed by atoms with E-state index in [-0.39, 0.29) is 5.75 Å². The zero-order valence-corrected chi connectivity index (χ0v) is 17.1. The van der Waals surface area contributed by atoms with Crippen molar-refractivity contribution >= 4 is 10.0 Å². The molecule has 1 fully saturated rings. The van der Waals surface area contributed by atoms with Crippen LogP contribution in [0.15, 0.2) is 54.9 Å². The average Bonchev–Trinajstić information content (AvgIpc) is 2.74. The van der Waals surface area contributed by atoms with Gasteiger partial charge in [0.15, 0.2) is 0 Å². The Kier molecular flexibility index (Phi) is 7.97. The number of morpholine rings is 1. The molecule has 28 heavy (non-hydrogen) atoms. The number of ether oxygens (including phenoxy) is 1. The van der Waals surface area contributed by atoms with Crippen molar-refractivity contribution in [1.82, 2.24) is 14.2 Å². The first-order chi connectivity index (χ1) is 13.6. The smallest absolute Gasteiger partial charge is 0.214 e. The minimum Gasteiger partial charge on any atom is -0.379 e. The summed E-state index contributed by atoms with van der Waals surface area (Å²) in [6.45, 7) is 5.17. The van der Waals surface area contributed by atoms with E-state index < -0.39 is 10.0 Å². The van der Waals surface area contributed by atoms with E-state index in [1.165, 1.54) is 0 Å². The molecule has 1 aliphatic rings. The van der Waals surface area contributed by atoms with Gasteiger partial charge in [-0.15, -0.1) is 0 Å². The van der Waals surface area contributed by atoms with E-state index in [9.17, 15) is 8.42 Å². The standard InChI is InChI=1S/C21H29N3O3S/c25-28(26,18-9-20-5-2-1-3-6-20)24(19-21-7-10-22-11-8-21)13-4-12-23-14-16-27-17-15-23/h1-3,5-8,10-11H,4,9,12-19H2. The van der Waals surface area contributed by atoms with E-state index in [1.807, 2.05) is 42.5 Å². The van der Waals surface area contributed by atoms with E-state index >= 15 is 0 Å². The lowest BCUT2D eigenvalue weighted by molar-refractivity contribution is 0.0368. The van der Waals surface area contributed by atoms with Crippen LogP contribution in [0.4, 0.5) is 0 Å². The molecule has 1 aromatic carbocycles. The third-order valence-electron chi connectivity index (χ3n) is 4.98. The number of rotatable bonds is 10. The highest BCUT2D eigenvalue weighted by Crippen LogP contribution is 2.13. The molecule has 1 aliphatic heterocycles. The zero-order chi connectivity index (χ0) is 19.7. The van der Waals surface area contributed by atoms with Crippen molar-refractivity contribution in [1.29, 1.82) is 0 Å². The summed E-state index contributed by atoms with van der Waals surface area (Å²) in [5, 5.41) is 0. The average molecular weight is 404 g/mol. The van der Waals surface area contributed by atoms with E-state index in [2.05, 4.69) is 9.88 Å². The van der Waals surface area contributed by atoms with Gasteiger partial charge in [-0.25, -0.2) is 8.42 Å². The van der Waals surface area contributed by atoms with Crippen molar-refractivity contribution in [3.05, 3.63) is 66.0 Å². The topological polar surface area (TPSA) is 62.7 Å². The Labute approximate surface area is 168 Å². The van der Waals surface area contributed by atoms with Gasteiger partial charge in [-0.2, -0.15) is 4.31 Å². The first kappa shape index (κ1) is 20.9. The lowest BCUT2D eigenvalue weighted by Crippen LogP contribution is -2.39. The van der Waals surface area contributed by atoms with Gasteiger partial charge in [-0.1, -0.05) is 30.3 Å². The predicted molar refractivity (Wildman–Crippen MR) is 110 cm³/mol. The molecule has 0 radical (unpaired) electrons. The Hall–Kier alpha value is -1.80. The number of pyridine rings is 1. The van der Waals surface area contributed by atoms with E-state index in [4.69, 9.17) is 4.74 Å². The van der Waals surface area contributed by atoms with Crippen LogP contribution in [-0.2, 0) is 27.7 Å². The Morgan fingerprint density at radius 1 is 1.00 bits per heavy atom. The van der Waals surface area contributed by atoms with Crippen molar-refractivity contribution in [2.24, 2.45) is 0 Å². The molecule has 0 saturated carbocycles. The highest BCUT2D eigenvalue weighted by Gasteiger charge is 2.22. The minimum atomic E-state index is -3.35. The van der Waals surface area contributed by atoms with Crippen molar-refractivity contribution in [3.8, 4) is 0 Å². The molecule has 0 N–H and O–H groups in total. The Morgan fingerprint density at radius 2 is 1.71 bits per heavy atom. The fraction of sp³-hybridized carbons (Fsp3) is 0.476. The van der Waals surface area contributed by atoms with Gasteiger partial charge in [0, 0.05) is 38.6 Å². The summed E-state index contributed by atoms with van der Waals surface area (Å²) in [6, 6.07) is 13.5. The largest absolute Gasteiger partial charge is 0.379 e. The second-order valence-corrected chi connectivity index (χ2v) is 9.14. The number of aromatic nitrogens is 1. The summed E-state index contributed by atoms with van der Waals surface area (Å²) < 4.78 is 33.1. The van der Waals surface area contributed by atoms with Gasteiger partial charge in [0.1, 0.15) is 0 Å². The Balaban J connectivity index is 1.61. The Bertz CT molecular complexity index is 794. The van der Waals surface area contributed by atoms with Crippen LogP contribution in [0.2, 0.25) is 0 Å². The molecular weight excluding hydrogens is 374 g/mol. The minimum absolute atomic E-state index is 0.125. The molecule has 0 bridgehead atoms. The quantitative estimate of drug-likeness (QED) is 0.608. The van der Waals surface area contributed by atoms with Gasteiger partial charge in [-0.3, -0.25) is 9.88 Å². The van der Waals surface area contributed by atoms with Gasteiger partial charge in [-0.05, 0) is 42.6 Å². The highest BCUT2D eigenvalue weighted by molar-refractivity contribution is 7.89. The molecule has 1 aromatic heterocycles. The van der Waals surface area contributed by atoms with Gasteiger partial charge >= 0.3 is 0 Å². The van der Waals surface area contributed by atoms with Crippen LogP contribution >= 0.6 is 0 Å². The van der Waals surface area contributed by atoms with Crippen molar-refractivity contribution in [2.75, 3.05) is 45.1 Å². The molecule has 2 heterocycles. The fourth-order valence-corrected chi connectivity index (χ4v) is 4.83. The molecule has 0 amide bonds. The van der Waals surface area contributed by atoms with Crippen LogP contribution in [0.1, 0.15) is 17.5 Å². The number of aryl methyl sites for hydroxylation is 1. The van der Waals surface area contributed by atoms with Gasteiger partial charge in [0.2, 0.25) is 10.0 Å². The summed E-state index contributed by atoms with van der Waals surface area (Å²) in [6.07, 6.45) is 4.75. The maximum atomic E-state index is 13.1. The first-order valence-corrected chi connectivity index (χ1v) is 11.5. The van der Waals surface area contributed by atoms with Gasteiger partial charge < -0.3 is 4.74 Å². The number of nitrogens with zero attached hydrogens (tertiary/aromatic N) is 3. The molecule has 2 aromatic rings. The summed E-state index contributed by atoms with van der Waals surface area (Å²) >= 11 is 0. The second-order valence-electron chi connectivity index (χ2n) is 7.05. The Morgan fingerprint density at radius 3 is 2.43 bits per heavy atom. The lowest BCUT2D eigenvalue weighted by atomic mass is 10.2. The zero-order valence-electron chi connectivity index (χ0n) is 16.2. The molecule has 3 rings (SSSR count). The van der Waals surface area contributed by atoms with Crippen LogP contribution < -0.4 is 0 Å². The maximum Gasteiger partial charge on any atom is 0.214 e. The normalized spacial score (nSPS) is 15.8. The maximum absolute atomic E-state index is 13.1. The second kappa shape index (κ2) is 10.7. The first-order valence-electron chi connectivity index (χ1n) is 9.84. The van der Waals surface area contributed by atoms with E-state index in [1.54, 1.807) is 16.7 Å². The molecule has 152 valence electrons. The molecule has 0 aliphatic carbocycles. The summed E-state index contributed by atoms with van der Waals surface area (Å²) in [7, 11) is -3.35. The predicted octanol–water partition coefficient (Wildman–Crippen LogP) is 2.18. The number of hydrogen-bond donors (Lipinski definition) is 0. The molecule has 0 spiro atoms. The van der Waals surface area contributed by atoms with Crippen molar-refractivity contribution in [3.63, 3.8) is 0 Å². The number of sulfonamides is 1. The molecule has 0 atom stereocenters. The monoisotopic (exact) mass is 403 g/mol. The fourth-order valence-electron chi connectivity index (χ4n) is 3.32. The lowest BCUT2D eigenvalue weighted by Gasteiger charge is -2.28.